The molecule has 25 heavy (non-hydrogen) atoms. The number of aromatic nitrogens is 1. The number of amides is 1. The molecule has 7 nitrogen and oxygen atoms in total. The second-order valence-electron chi connectivity index (χ2n) is 7.46. The predicted octanol–water partition coefficient (Wildman–Crippen LogP) is 1.15. The number of aromatic carboxylic acids is 1. The van der Waals surface area contributed by atoms with E-state index in [0.717, 1.165) is 19.5 Å². The van der Waals surface area contributed by atoms with Crippen LogP contribution in [0.4, 0.5) is 0 Å². The number of hydrogen-bond donors (Lipinski definition) is 1. The molecule has 0 atom stereocenters. The van der Waals surface area contributed by atoms with E-state index < -0.39 is 5.97 Å². The summed E-state index contributed by atoms with van der Waals surface area (Å²) in [5, 5.41) is 9.10. The first-order chi connectivity index (χ1) is 11.7. The first kappa shape index (κ1) is 19.3. The maximum atomic E-state index is 12.8. The van der Waals surface area contributed by atoms with Gasteiger partial charge in [-0.05, 0) is 46.5 Å². The van der Waals surface area contributed by atoms with Crippen LogP contribution in [0.15, 0.2) is 18.3 Å². The van der Waals surface area contributed by atoms with Crippen molar-refractivity contribution in [2.45, 2.75) is 32.4 Å². The summed E-state index contributed by atoms with van der Waals surface area (Å²) < 4.78 is 0. The lowest BCUT2D eigenvalue weighted by Gasteiger charge is -2.37. The molecule has 0 aromatic carbocycles. The van der Waals surface area contributed by atoms with Crippen molar-refractivity contribution in [1.82, 2.24) is 19.7 Å². The summed E-state index contributed by atoms with van der Waals surface area (Å²) >= 11 is 0. The van der Waals surface area contributed by atoms with Crippen molar-refractivity contribution in [1.29, 1.82) is 0 Å². The number of carbonyl (C=O) groups is 2. The second-order valence-corrected chi connectivity index (χ2v) is 7.46. The molecule has 0 unspecified atom stereocenters. The molecule has 2 rings (SSSR count). The Hall–Kier alpha value is -1.99. The average Bonchev–Trinajstić information content (AvgIpc) is 2.62. The fraction of sp³-hybridized carbons (Fsp3) is 0.611. The maximum Gasteiger partial charge on any atom is 0.335 e. The zero-order valence-electron chi connectivity index (χ0n) is 15.5. The Balaban J connectivity index is 2.09. The van der Waals surface area contributed by atoms with Gasteiger partial charge in [-0.25, -0.2) is 4.79 Å². The average molecular weight is 348 g/mol. The molecule has 138 valence electrons. The van der Waals surface area contributed by atoms with Crippen LogP contribution in [-0.2, 0) is 11.3 Å². The smallest absolute Gasteiger partial charge is 0.335 e. The summed E-state index contributed by atoms with van der Waals surface area (Å²) in [4.78, 5) is 34.2. The molecular weight excluding hydrogens is 320 g/mol. The van der Waals surface area contributed by atoms with Gasteiger partial charge in [0, 0.05) is 37.9 Å². The van der Waals surface area contributed by atoms with Crippen molar-refractivity contribution in [2.75, 3.05) is 40.3 Å². The highest BCUT2D eigenvalue weighted by atomic mass is 16.4. The van der Waals surface area contributed by atoms with Gasteiger partial charge < -0.3 is 14.9 Å². The van der Waals surface area contributed by atoms with Crippen molar-refractivity contribution in [3.05, 3.63) is 29.6 Å². The Morgan fingerprint density at radius 1 is 1.40 bits per heavy atom. The third-order valence-electron chi connectivity index (χ3n) is 4.65. The molecule has 1 N–H and O–H groups in total. The van der Waals surface area contributed by atoms with E-state index in [2.05, 4.69) is 23.7 Å². The largest absolute Gasteiger partial charge is 0.478 e. The number of hydrogen-bond acceptors (Lipinski definition) is 5. The molecule has 0 radical (unpaired) electrons. The van der Waals surface area contributed by atoms with E-state index in [1.165, 1.54) is 12.3 Å². The highest BCUT2D eigenvalue weighted by Gasteiger charge is 2.35. The highest BCUT2D eigenvalue weighted by Crippen LogP contribution is 2.23. The first-order valence-corrected chi connectivity index (χ1v) is 8.55. The SMILES string of the molecule is CN(C)CCN1C(=O)CN(Cc2cc(C(=O)O)ccn2)CCC1(C)C. The predicted molar refractivity (Wildman–Crippen MR) is 95.4 cm³/mol. The molecule has 0 spiro atoms. The molecule has 7 heteroatoms. The van der Waals surface area contributed by atoms with Gasteiger partial charge in [0.2, 0.25) is 5.91 Å². The van der Waals surface area contributed by atoms with Gasteiger partial charge in [0.05, 0.1) is 17.8 Å². The number of rotatable bonds is 6. The minimum Gasteiger partial charge on any atom is -0.478 e. The van der Waals surface area contributed by atoms with Gasteiger partial charge >= 0.3 is 5.97 Å². The topological polar surface area (TPSA) is 77.0 Å². The quantitative estimate of drug-likeness (QED) is 0.831. The van der Waals surface area contributed by atoms with Crippen LogP contribution >= 0.6 is 0 Å². The third-order valence-corrected chi connectivity index (χ3v) is 4.65. The van der Waals surface area contributed by atoms with Gasteiger partial charge in [-0.2, -0.15) is 0 Å². The molecule has 2 heterocycles. The van der Waals surface area contributed by atoms with E-state index in [-0.39, 0.29) is 17.0 Å². The third kappa shape index (κ3) is 5.24. The molecule has 0 saturated carbocycles. The maximum absolute atomic E-state index is 12.8. The van der Waals surface area contributed by atoms with Gasteiger partial charge in [0.15, 0.2) is 0 Å². The molecule has 1 aromatic rings. The summed E-state index contributed by atoms with van der Waals surface area (Å²) in [6.07, 6.45) is 2.37. The molecule has 1 saturated heterocycles. The monoisotopic (exact) mass is 348 g/mol. The van der Waals surface area contributed by atoms with Gasteiger partial charge in [0.25, 0.3) is 0 Å². The van der Waals surface area contributed by atoms with Crippen LogP contribution in [-0.4, -0.2) is 82.5 Å². The van der Waals surface area contributed by atoms with Crippen molar-refractivity contribution in [3.8, 4) is 0 Å². The lowest BCUT2D eigenvalue weighted by Crippen LogP contribution is -2.50. The Morgan fingerprint density at radius 2 is 2.12 bits per heavy atom. The summed E-state index contributed by atoms with van der Waals surface area (Å²) in [6, 6.07) is 3.05. The molecule has 1 fully saturated rings. The van der Waals surface area contributed by atoms with Crippen LogP contribution in [0, 0.1) is 0 Å². The Labute approximate surface area is 149 Å². The van der Waals surface area contributed by atoms with Crippen molar-refractivity contribution in [3.63, 3.8) is 0 Å². The fourth-order valence-corrected chi connectivity index (χ4v) is 3.05. The molecule has 0 aliphatic carbocycles. The minimum atomic E-state index is -0.966. The van der Waals surface area contributed by atoms with E-state index in [0.29, 0.717) is 25.3 Å². The summed E-state index contributed by atoms with van der Waals surface area (Å²) in [6.45, 7) is 7.33. The molecule has 1 aliphatic heterocycles. The minimum absolute atomic E-state index is 0.110. The molecule has 0 bridgehead atoms. The molecule has 1 aliphatic rings. The van der Waals surface area contributed by atoms with Crippen LogP contribution < -0.4 is 0 Å². The highest BCUT2D eigenvalue weighted by molar-refractivity contribution is 5.87. The number of carboxylic acids is 1. The zero-order chi connectivity index (χ0) is 18.6. The van der Waals surface area contributed by atoms with Crippen LogP contribution in [0.5, 0.6) is 0 Å². The number of carbonyl (C=O) groups excluding carboxylic acids is 1. The number of carboxylic acid groups (broad SMARTS) is 1. The Bertz CT molecular complexity index is 631. The van der Waals surface area contributed by atoms with Gasteiger partial charge in [-0.1, -0.05) is 0 Å². The Kier molecular flexibility index (Phi) is 6.13. The van der Waals surface area contributed by atoms with Crippen LogP contribution in [0.1, 0.15) is 36.3 Å². The van der Waals surface area contributed by atoms with Crippen molar-refractivity contribution < 1.29 is 14.7 Å². The number of nitrogens with zero attached hydrogens (tertiary/aromatic N) is 4. The molecule has 1 aromatic heterocycles. The number of likely N-dealkylation sites (N-methyl/N-ethyl adjacent to an activating group) is 1. The van der Waals surface area contributed by atoms with Gasteiger partial charge in [0.1, 0.15) is 0 Å². The number of pyridine rings is 1. The van der Waals surface area contributed by atoms with Gasteiger partial charge in [-0.3, -0.25) is 14.7 Å². The van der Waals surface area contributed by atoms with Crippen molar-refractivity contribution in [2.24, 2.45) is 0 Å². The van der Waals surface area contributed by atoms with E-state index >= 15 is 0 Å². The second kappa shape index (κ2) is 7.93. The van der Waals surface area contributed by atoms with Crippen molar-refractivity contribution >= 4 is 11.9 Å². The van der Waals surface area contributed by atoms with E-state index in [1.807, 2.05) is 23.9 Å². The normalized spacial score (nSPS) is 18.4. The lowest BCUT2D eigenvalue weighted by atomic mass is 9.98. The fourth-order valence-electron chi connectivity index (χ4n) is 3.05. The van der Waals surface area contributed by atoms with E-state index in [9.17, 15) is 9.59 Å². The first-order valence-electron chi connectivity index (χ1n) is 8.55. The van der Waals surface area contributed by atoms with Crippen LogP contribution in [0.2, 0.25) is 0 Å². The molecule has 1 amide bonds. The van der Waals surface area contributed by atoms with Crippen LogP contribution in [0.25, 0.3) is 0 Å². The Morgan fingerprint density at radius 3 is 2.76 bits per heavy atom. The van der Waals surface area contributed by atoms with Crippen LogP contribution in [0.3, 0.4) is 0 Å². The summed E-state index contributed by atoms with van der Waals surface area (Å²) in [7, 11) is 4.01. The molecular formula is C18H28N4O3. The summed E-state index contributed by atoms with van der Waals surface area (Å²) in [5.74, 6) is -0.856. The van der Waals surface area contributed by atoms with Gasteiger partial charge in [-0.15, -0.1) is 0 Å². The standard InChI is InChI=1S/C18H28N4O3/c1-18(2)6-8-21(13-16(23)22(18)10-9-20(3)4)12-15-11-14(17(24)25)5-7-19-15/h5,7,11H,6,8-10,12-13H2,1-4H3,(H,24,25). The lowest BCUT2D eigenvalue weighted by molar-refractivity contribution is -0.136. The summed E-state index contributed by atoms with van der Waals surface area (Å²) in [5.41, 5.74) is 0.699. The van der Waals surface area contributed by atoms with E-state index in [1.54, 1.807) is 6.07 Å². The van der Waals surface area contributed by atoms with E-state index in [4.69, 9.17) is 5.11 Å². The zero-order valence-corrected chi connectivity index (χ0v) is 15.5.